The van der Waals surface area contributed by atoms with Crippen molar-refractivity contribution in [3.05, 3.63) is 34.6 Å². The van der Waals surface area contributed by atoms with Crippen molar-refractivity contribution in [2.45, 2.75) is 33.1 Å². The average Bonchev–Trinajstić information content (AvgIpc) is 2.11. The summed E-state index contributed by atoms with van der Waals surface area (Å²) >= 11 is 0. The maximum Gasteiger partial charge on any atom is 0.126 e. The Bertz CT molecular complexity index is 344. The van der Waals surface area contributed by atoms with Crippen LogP contribution in [0.3, 0.4) is 0 Å². The first-order valence-corrected chi connectivity index (χ1v) is 4.76. The number of aldehydes is 1. The zero-order valence-electron chi connectivity index (χ0n) is 8.80. The topological polar surface area (TPSA) is 17.1 Å². The maximum absolute atomic E-state index is 13.5. The number of hydrogen-bond donors (Lipinski definition) is 0. The van der Waals surface area contributed by atoms with Gasteiger partial charge in [-0.15, -0.1) is 0 Å². The second-order valence-corrected chi connectivity index (χ2v) is 3.76. The van der Waals surface area contributed by atoms with Crippen molar-refractivity contribution in [2.75, 3.05) is 0 Å². The minimum atomic E-state index is -0.206. The average molecular weight is 194 g/mol. The summed E-state index contributed by atoms with van der Waals surface area (Å²) in [6.45, 7) is 5.69. The quantitative estimate of drug-likeness (QED) is 0.675. The van der Waals surface area contributed by atoms with Gasteiger partial charge < -0.3 is 4.79 Å². The lowest BCUT2D eigenvalue weighted by Crippen LogP contribution is -2.00. The van der Waals surface area contributed by atoms with E-state index in [1.165, 1.54) is 6.07 Å². The first-order chi connectivity index (χ1) is 6.56. The highest BCUT2D eigenvalue weighted by atomic mass is 19.1. The molecule has 0 aliphatic heterocycles. The van der Waals surface area contributed by atoms with Crippen LogP contribution in [0.15, 0.2) is 12.1 Å². The minimum Gasteiger partial charge on any atom is -0.303 e. The highest BCUT2D eigenvalue weighted by molar-refractivity contribution is 5.51. The monoisotopic (exact) mass is 194 g/mol. The molecular weight excluding hydrogens is 179 g/mol. The van der Waals surface area contributed by atoms with E-state index in [9.17, 15) is 9.18 Å². The largest absolute Gasteiger partial charge is 0.303 e. The third-order valence-corrected chi connectivity index (χ3v) is 2.59. The van der Waals surface area contributed by atoms with Gasteiger partial charge in [0.2, 0.25) is 0 Å². The lowest BCUT2D eigenvalue weighted by atomic mass is 9.94. The van der Waals surface area contributed by atoms with Gasteiger partial charge >= 0.3 is 0 Å². The minimum absolute atomic E-state index is 0.0354. The van der Waals surface area contributed by atoms with Crippen LogP contribution in [0.25, 0.3) is 0 Å². The number of carbonyl (C=O) groups excluding carboxylic acids is 1. The molecule has 76 valence electrons. The molecule has 0 saturated carbocycles. The van der Waals surface area contributed by atoms with Crippen LogP contribution in [0.1, 0.15) is 36.0 Å². The van der Waals surface area contributed by atoms with E-state index in [1.54, 1.807) is 0 Å². The second-order valence-electron chi connectivity index (χ2n) is 3.76. The molecule has 0 aromatic heterocycles. The van der Waals surface area contributed by atoms with Crippen LogP contribution in [0.4, 0.5) is 4.39 Å². The number of carbonyl (C=O) groups is 1. The summed E-state index contributed by atoms with van der Waals surface area (Å²) in [5, 5.41) is 0. The second kappa shape index (κ2) is 4.36. The molecule has 1 rings (SSSR count). The lowest BCUT2D eigenvalue weighted by molar-refractivity contribution is -0.108. The summed E-state index contributed by atoms with van der Waals surface area (Å²) in [7, 11) is 0. The first-order valence-electron chi connectivity index (χ1n) is 4.76. The van der Waals surface area contributed by atoms with E-state index in [-0.39, 0.29) is 11.7 Å². The molecule has 0 amide bonds. The predicted molar refractivity (Wildman–Crippen MR) is 55.0 cm³/mol. The zero-order chi connectivity index (χ0) is 10.7. The van der Waals surface area contributed by atoms with E-state index in [1.807, 2.05) is 26.8 Å². The van der Waals surface area contributed by atoms with E-state index in [4.69, 9.17) is 0 Å². The van der Waals surface area contributed by atoms with E-state index in [0.717, 1.165) is 17.4 Å². The summed E-state index contributed by atoms with van der Waals surface area (Å²) in [6.07, 6.45) is 1.21. The Morgan fingerprint density at radius 3 is 2.50 bits per heavy atom. The zero-order valence-corrected chi connectivity index (χ0v) is 8.80. The van der Waals surface area contributed by atoms with E-state index in [0.29, 0.717) is 12.0 Å². The fourth-order valence-corrected chi connectivity index (χ4v) is 1.45. The molecule has 0 aliphatic rings. The molecule has 0 saturated heterocycles. The molecule has 1 aromatic carbocycles. The van der Waals surface area contributed by atoms with Gasteiger partial charge in [0.25, 0.3) is 0 Å². The van der Waals surface area contributed by atoms with Gasteiger partial charge in [0.1, 0.15) is 12.1 Å². The van der Waals surface area contributed by atoms with Crippen molar-refractivity contribution in [1.82, 2.24) is 0 Å². The molecule has 1 nitrogen and oxygen atoms in total. The number of hydrogen-bond acceptors (Lipinski definition) is 1. The Kier molecular flexibility index (Phi) is 3.39. The summed E-state index contributed by atoms with van der Waals surface area (Å²) in [4.78, 5) is 10.3. The molecule has 1 unspecified atom stereocenters. The first kappa shape index (κ1) is 10.9. The van der Waals surface area contributed by atoms with E-state index >= 15 is 0 Å². The van der Waals surface area contributed by atoms with Gasteiger partial charge in [-0.2, -0.15) is 0 Å². The SMILES string of the molecule is Cc1cc(F)c(C(C)CC=O)cc1C. The van der Waals surface area contributed by atoms with E-state index in [2.05, 4.69) is 0 Å². The van der Waals surface area contributed by atoms with Crippen LogP contribution in [0, 0.1) is 19.7 Å². The highest BCUT2D eigenvalue weighted by Gasteiger charge is 2.11. The fourth-order valence-electron chi connectivity index (χ4n) is 1.45. The molecule has 0 spiro atoms. The van der Waals surface area contributed by atoms with Crippen LogP contribution in [-0.4, -0.2) is 6.29 Å². The molecule has 0 N–H and O–H groups in total. The van der Waals surface area contributed by atoms with Crippen molar-refractivity contribution in [3.8, 4) is 0 Å². The van der Waals surface area contributed by atoms with Crippen LogP contribution < -0.4 is 0 Å². The van der Waals surface area contributed by atoms with E-state index < -0.39 is 0 Å². The van der Waals surface area contributed by atoms with Crippen LogP contribution in [-0.2, 0) is 4.79 Å². The van der Waals surface area contributed by atoms with Crippen molar-refractivity contribution in [1.29, 1.82) is 0 Å². The predicted octanol–water partition coefficient (Wildman–Crippen LogP) is 3.14. The van der Waals surface area contributed by atoms with Crippen molar-refractivity contribution in [2.24, 2.45) is 0 Å². The fraction of sp³-hybridized carbons (Fsp3) is 0.417. The van der Waals surface area contributed by atoms with Gasteiger partial charge in [-0.25, -0.2) is 4.39 Å². The number of benzene rings is 1. The molecule has 14 heavy (non-hydrogen) atoms. The Labute approximate surface area is 83.9 Å². The number of halogens is 1. The Morgan fingerprint density at radius 2 is 1.93 bits per heavy atom. The summed E-state index contributed by atoms with van der Waals surface area (Å²) < 4.78 is 13.5. The van der Waals surface area contributed by atoms with Crippen molar-refractivity contribution >= 4 is 6.29 Å². The Morgan fingerprint density at radius 1 is 1.36 bits per heavy atom. The summed E-state index contributed by atoms with van der Waals surface area (Å²) in [6, 6.07) is 3.37. The van der Waals surface area contributed by atoms with Gasteiger partial charge in [0.05, 0.1) is 0 Å². The molecule has 0 heterocycles. The molecule has 0 aliphatic carbocycles. The van der Waals surface area contributed by atoms with Gasteiger partial charge in [-0.3, -0.25) is 0 Å². The lowest BCUT2D eigenvalue weighted by Gasteiger charge is -2.12. The summed E-state index contributed by atoms with van der Waals surface area (Å²) in [5.41, 5.74) is 2.66. The highest BCUT2D eigenvalue weighted by Crippen LogP contribution is 2.24. The summed E-state index contributed by atoms with van der Waals surface area (Å²) in [5.74, 6) is -0.241. The van der Waals surface area contributed by atoms with Crippen LogP contribution in [0.2, 0.25) is 0 Å². The third-order valence-electron chi connectivity index (χ3n) is 2.59. The molecule has 0 bridgehead atoms. The van der Waals surface area contributed by atoms with Gasteiger partial charge in [-0.05, 0) is 42.5 Å². The Hall–Kier alpha value is -1.18. The number of aryl methyl sites for hydroxylation is 2. The van der Waals surface area contributed by atoms with Crippen LogP contribution in [0.5, 0.6) is 0 Å². The number of rotatable bonds is 3. The van der Waals surface area contributed by atoms with Gasteiger partial charge in [0.15, 0.2) is 0 Å². The molecule has 2 heteroatoms. The molecule has 1 atom stereocenters. The van der Waals surface area contributed by atoms with Gasteiger partial charge in [-0.1, -0.05) is 13.0 Å². The molecular formula is C12H15FO. The molecule has 0 radical (unpaired) electrons. The molecule has 0 fully saturated rings. The smallest absolute Gasteiger partial charge is 0.126 e. The van der Waals surface area contributed by atoms with Crippen molar-refractivity contribution in [3.63, 3.8) is 0 Å². The van der Waals surface area contributed by atoms with Crippen LogP contribution >= 0.6 is 0 Å². The molecule has 1 aromatic rings. The van der Waals surface area contributed by atoms with Gasteiger partial charge in [0, 0.05) is 6.42 Å². The third kappa shape index (κ3) is 2.19. The normalized spacial score (nSPS) is 12.6. The maximum atomic E-state index is 13.5. The Balaban J connectivity index is 3.08. The standard InChI is InChI=1S/C12H15FO/c1-8(4-5-14)11-6-9(2)10(3)7-12(11)13/h5-8H,4H2,1-3H3. The van der Waals surface area contributed by atoms with Crippen molar-refractivity contribution < 1.29 is 9.18 Å².